The molecular formula is C22H19ClFN3O3S. The first-order valence-electron chi connectivity index (χ1n) is 9.29. The quantitative estimate of drug-likeness (QED) is 0.482. The molecule has 6 nitrogen and oxygen atoms in total. The van der Waals surface area contributed by atoms with Gasteiger partial charge in [0.25, 0.3) is 5.91 Å². The van der Waals surface area contributed by atoms with Gasteiger partial charge < -0.3 is 5.32 Å². The van der Waals surface area contributed by atoms with Gasteiger partial charge in [0.05, 0.1) is 17.3 Å². The van der Waals surface area contributed by atoms with Crippen LogP contribution < -0.4 is 16.2 Å². The summed E-state index contributed by atoms with van der Waals surface area (Å²) in [7, 11) is 0. The van der Waals surface area contributed by atoms with Crippen LogP contribution >= 0.6 is 22.9 Å². The first-order valence-corrected chi connectivity index (χ1v) is 10.5. The molecule has 3 rings (SSSR count). The molecule has 0 saturated carbocycles. The highest BCUT2D eigenvalue weighted by Gasteiger charge is 2.18. The maximum absolute atomic E-state index is 13.1. The minimum Gasteiger partial charge on any atom is -0.349 e. The Labute approximate surface area is 187 Å². The minimum absolute atomic E-state index is 0.0766. The molecule has 0 fully saturated rings. The van der Waals surface area contributed by atoms with E-state index in [9.17, 15) is 18.8 Å². The molecule has 2 aromatic carbocycles. The lowest BCUT2D eigenvalue weighted by atomic mass is 10.0. The molecule has 3 aromatic rings. The monoisotopic (exact) mass is 459 g/mol. The highest BCUT2D eigenvalue weighted by atomic mass is 35.5. The molecule has 160 valence electrons. The Hall–Kier alpha value is -3.23. The fraction of sp³-hybridized carbons (Fsp3) is 0.136. The van der Waals surface area contributed by atoms with Crippen molar-refractivity contribution < 1.29 is 18.8 Å². The number of benzene rings is 2. The molecule has 0 radical (unpaired) electrons. The Kier molecular flexibility index (Phi) is 7.38. The summed E-state index contributed by atoms with van der Waals surface area (Å²) in [5, 5.41) is 3.25. The van der Waals surface area contributed by atoms with E-state index in [1.807, 2.05) is 0 Å². The number of rotatable bonds is 6. The van der Waals surface area contributed by atoms with Gasteiger partial charge in [0.2, 0.25) is 11.8 Å². The molecule has 9 heteroatoms. The fourth-order valence-corrected chi connectivity index (χ4v) is 3.88. The second-order valence-corrected chi connectivity index (χ2v) is 8.20. The van der Waals surface area contributed by atoms with Crippen LogP contribution in [-0.4, -0.2) is 17.7 Å². The van der Waals surface area contributed by atoms with E-state index < -0.39 is 17.9 Å². The van der Waals surface area contributed by atoms with Crippen molar-refractivity contribution in [3.8, 4) is 10.4 Å². The largest absolute Gasteiger partial charge is 0.349 e. The SMILES string of the molecule is CC(=O)NC(CC(=O)NNC(=O)c1ccc(-c2ccc(F)cc2)s1)c1ccc(Cl)cc1. The number of thiophene rings is 1. The van der Waals surface area contributed by atoms with Gasteiger partial charge >= 0.3 is 0 Å². The lowest BCUT2D eigenvalue weighted by Crippen LogP contribution is -2.43. The fourth-order valence-electron chi connectivity index (χ4n) is 2.85. The van der Waals surface area contributed by atoms with Crippen molar-refractivity contribution in [3.63, 3.8) is 0 Å². The lowest BCUT2D eigenvalue weighted by Gasteiger charge is -2.18. The molecule has 1 aromatic heterocycles. The van der Waals surface area contributed by atoms with Crippen LogP contribution in [0.4, 0.5) is 4.39 Å². The molecule has 0 aliphatic carbocycles. The Balaban J connectivity index is 1.59. The summed E-state index contributed by atoms with van der Waals surface area (Å²) in [5.74, 6) is -1.58. The van der Waals surface area contributed by atoms with Gasteiger partial charge in [-0.1, -0.05) is 35.9 Å². The van der Waals surface area contributed by atoms with E-state index >= 15 is 0 Å². The number of hydrazine groups is 1. The maximum Gasteiger partial charge on any atom is 0.279 e. The minimum atomic E-state index is -0.571. The van der Waals surface area contributed by atoms with Gasteiger partial charge in [-0.3, -0.25) is 25.2 Å². The standard InChI is InChI=1S/C22H19ClFN3O3S/c1-13(28)25-18(14-2-6-16(23)7-3-14)12-21(29)26-27-22(30)20-11-10-19(31-20)15-4-8-17(24)9-5-15/h2-11,18H,12H2,1H3,(H,25,28)(H,26,29)(H,27,30). The van der Waals surface area contributed by atoms with Crippen LogP contribution in [0.1, 0.15) is 34.6 Å². The van der Waals surface area contributed by atoms with Crippen molar-refractivity contribution in [2.24, 2.45) is 0 Å². The van der Waals surface area contributed by atoms with Crippen LogP contribution in [0.2, 0.25) is 5.02 Å². The Bertz CT molecular complexity index is 1080. The molecular weight excluding hydrogens is 441 g/mol. The third kappa shape index (κ3) is 6.37. The number of carbonyl (C=O) groups excluding carboxylic acids is 3. The average molecular weight is 460 g/mol. The number of halogens is 2. The number of amides is 3. The van der Waals surface area contributed by atoms with Gasteiger partial charge in [-0.25, -0.2) is 4.39 Å². The number of carbonyl (C=O) groups is 3. The van der Waals surface area contributed by atoms with Crippen molar-refractivity contribution in [1.82, 2.24) is 16.2 Å². The van der Waals surface area contributed by atoms with Crippen LogP contribution in [0.3, 0.4) is 0 Å². The van der Waals surface area contributed by atoms with E-state index in [0.717, 1.165) is 10.4 Å². The predicted octanol–water partition coefficient (Wildman–Crippen LogP) is 4.24. The topological polar surface area (TPSA) is 87.3 Å². The summed E-state index contributed by atoms with van der Waals surface area (Å²) >= 11 is 7.11. The van der Waals surface area contributed by atoms with Crippen molar-refractivity contribution in [3.05, 3.63) is 81.9 Å². The molecule has 1 unspecified atom stereocenters. The van der Waals surface area contributed by atoms with Gasteiger partial charge in [-0.15, -0.1) is 11.3 Å². The predicted molar refractivity (Wildman–Crippen MR) is 118 cm³/mol. The first-order chi connectivity index (χ1) is 14.8. The summed E-state index contributed by atoms with van der Waals surface area (Å²) in [6, 6.07) is 15.5. The van der Waals surface area contributed by atoms with E-state index in [4.69, 9.17) is 11.6 Å². The van der Waals surface area contributed by atoms with Crippen LogP contribution in [0.25, 0.3) is 10.4 Å². The maximum atomic E-state index is 13.1. The van der Waals surface area contributed by atoms with E-state index in [0.29, 0.717) is 15.5 Å². The van der Waals surface area contributed by atoms with E-state index in [1.165, 1.54) is 30.4 Å². The third-order valence-corrected chi connectivity index (χ3v) is 5.70. The summed E-state index contributed by atoms with van der Waals surface area (Å²) in [6.07, 6.45) is -0.0766. The third-order valence-electron chi connectivity index (χ3n) is 4.31. The molecule has 0 aliphatic rings. The molecule has 31 heavy (non-hydrogen) atoms. The summed E-state index contributed by atoms with van der Waals surface area (Å²) in [6.45, 7) is 1.36. The molecule has 0 spiro atoms. The molecule has 1 heterocycles. The van der Waals surface area contributed by atoms with Crippen molar-refractivity contribution in [1.29, 1.82) is 0 Å². The van der Waals surface area contributed by atoms with Crippen molar-refractivity contribution >= 4 is 40.7 Å². The van der Waals surface area contributed by atoms with Gasteiger partial charge in [0.1, 0.15) is 5.82 Å². The second-order valence-electron chi connectivity index (χ2n) is 6.68. The number of hydrogen-bond donors (Lipinski definition) is 3. The van der Waals surface area contributed by atoms with Crippen LogP contribution in [-0.2, 0) is 9.59 Å². The van der Waals surface area contributed by atoms with Crippen LogP contribution in [0.5, 0.6) is 0 Å². The van der Waals surface area contributed by atoms with Crippen molar-refractivity contribution in [2.75, 3.05) is 0 Å². The number of hydrogen-bond acceptors (Lipinski definition) is 4. The van der Waals surface area contributed by atoms with E-state index in [-0.39, 0.29) is 18.1 Å². The molecule has 3 N–H and O–H groups in total. The van der Waals surface area contributed by atoms with Gasteiger partial charge in [0, 0.05) is 16.8 Å². The zero-order valence-corrected chi connectivity index (χ0v) is 18.0. The summed E-state index contributed by atoms with van der Waals surface area (Å²) < 4.78 is 13.1. The molecule has 0 bridgehead atoms. The highest BCUT2D eigenvalue weighted by molar-refractivity contribution is 7.17. The zero-order chi connectivity index (χ0) is 22.4. The molecule has 0 saturated heterocycles. The normalized spacial score (nSPS) is 11.5. The lowest BCUT2D eigenvalue weighted by molar-refractivity contribution is -0.123. The summed E-state index contributed by atoms with van der Waals surface area (Å²) in [4.78, 5) is 37.4. The van der Waals surface area contributed by atoms with Crippen LogP contribution in [0.15, 0.2) is 60.7 Å². The van der Waals surface area contributed by atoms with Gasteiger partial charge in [-0.05, 0) is 47.5 Å². The zero-order valence-electron chi connectivity index (χ0n) is 16.4. The first kappa shape index (κ1) is 22.5. The molecule has 0 aliphatic heterocycles. The molecule has 3 amide bonds. The van der Waals surface area contributed by atoms with E-state index in [2.05, 4.69) is 16.2 Å². The van der Waals surface area contributed by atoms with Crippen LogP contribution in [0, 0.1) is 5.82 Å². The second kappa shape index (κ2) is 10.2. The average Bonchev–Trinajstić information content (AvgIpc) is 3.22. The Morgan fingerprint density at radius 2 is 1.65 bits per heavy atom. The van der Waals surface area contributed by atoms with Gasteiger partial charge in [0.15, 0.2) is 0 Å². The van der Waals surface area contributed by atoms with Crippen molar-refractivity contribution in [2.45, 2.75) is 19.4 Å². The smallest absolute Gasteiger partial charge is 0.279 e. The number of nitrogens with one attached hydrogen (secondary N) is 3. The van der Waals surface area contributed by atoms with Gasteiger partial charge in [-0.2, -0.15) is 0 Å². The Morgan fingerprint density at radius 3 is 2.29 bits per heavy atom. The summed E-state index contributed by atoms with van der Waals surface area (Å²) in [5.41, 5.74) is 6.23. The Morgan fingerprint density at radius 1 is 0.968 bits per heavy atom. The van der Waals surface area contributed by atoms with E-state index in [1.54, 1.807) is 48.5 Å². The highest BCUT2D eigenvalue weighted by Crippen LogP contribution is 2.28. The molecule has 1 atom stereocenters.